The smallest absolute Gasteiger partial charge is 0.223 e. The largest absolute Gasteiger partial charge is 0.801 e. The zero-order valence-electron chi connectivity index (χ0n) is 17.7. The van der Waals surface area contributed by atoms with E-state index in [1.54, 1.807) is 11.8 Å². The Kier molecular flexibility index (Phi) is 6.98. The average Bonchev–Trinajstić information content (AvgIpc) is 3.11. The van der Waals surface area contributed by atoms with E-state index in [-0.39, 0.29) is 11.9 Å². The molecule has 3 aromatic carbocycles. The van der Waals surface area contributed by atoms with Gasteiger partial charge in [0, 0.05) is 44.0 Å². The summed E-state index contributed by atoms with van der Waals surface area (Å²) in [6.45, 7) is 3.48. The Bertz CT molecular complexity index is 972. The molecule has 0 aliphatic carbocycles. The number of nitrogens with zero attached hydrogens (tertiary/aromatic N) is 3. The number of benzene rings is 3. The molecule has 6 heteroatoms. The van der Waals surface area contributed by atoms with Gasteiger partial charge in [-0.2, -0.15) is 0 Å². The lowest BCUT2D eigenvalue weighted by molar-refractivity contribution is -0.170. The van der Waals surface area contributed by atoms with Gasteiger partial charge in [-0.15, -0.1) is 0 Å². The van der Waals surface area contributed by atoms with Crippen LogP contribution in [-0.2, 0) is 11.3 Å². The molecule has 1 fully saturated rings. The zero-order valence-corrected chi connectivity index (χ0v) is 18.6. The van der Waals surface area contributed by atoms with Gasteiger partial charge in [-0.1, -0.05) is 66.7 Å². The van der Waals surface area contributed by atoms with E-state index in [4.69, 9.17) is 0 Å². The SMILES string of the molecule is CC(=O)N(CC[C@H]1CN(c2ccccc2)P([O-])N1Cc1ccccc1)c1ccccc1. The van der Waals surface area contributed by atoms with Gasteiger partial charge in [0.25, 0.3) is 0 Å². The fourth-order valence-electron chi connectivity index (χ4n) is 4.00. The first-order chi connectivity index (χ1) is 15.1. The highest BCUT2D eigenvalue weighted by Gasteiger charge is 2.34. The first-order valence-corrected chi connectivity index (χ1v) is 11.7. The van der Waals surface area contributed by atoms with Gasteiger partial charge in [0.15, 0.2) is 0 Å². The van der Waals surface area contributed by atoms with Crippen LogP contribution < -0.4 is 14.5 Å². The van der Waals surface area contributed by atoms with Crippen LogP contribution in [0, 0.1) is 0 Å². The molecule has 1 unspecified atom stereocenters. The maximum Gasteiger partial charge on any atom is 0.223 e. The van der Waals surface area contributed by atoms with Crippen molar-refractivity contribution >= 4 is 25.7 Å². The van der Waals surface area contributed by atoms with E-state index in [2.05, 4.69) is 16.8 Å². The monoisotopic (exact) mass is 432 g/mol. The number of amides is 1. The number of rotatable bonds is 7. The van der Waals surface area contributed by atoms with Gasteiger partial charge < -0.3 is 14.5 Å². The Morgan fingerprint density at radius 1 is 0.968 bits per heavy atom. The normalized spacial score (nSPS) is 18.8. The summed E-state index contributed by atoms with van der Waals surface area (Å²) in [7, 11) is -1.72. The van der Waals surface area contributed by atoms with Gasteiger partial charge in [-0.05, 0) is 44.7 Å². The van der Waals surface area contributed by atoms with E-state index >= 15 is 0 Å². The first-order valence-electron chi connectivity index (χ1n) is 10.6. The number of hydrogen-bond donors (Lipinski definition) is 0. The van der Waals surface area contributed by atoms with E-state index in [0.29, 0.717) is 19.6 Å². The van der Waals surface area contributed by atoms with Crippen molar-refractivity contribution in [3.05, 3.63) is 96.6 Å². The standard InChI is InChI=1S/C25H27N3O2P/c1-21(29)26(23-13-7-3-8-14-23)18-17-25-20-28(24-15-9-4-10-16-24)31(30)27(25)19-22-11-5-2-6-12-22/h2-16,25H,17-20H2,1H3/q-1/t25-,31?/m0/s1. The van der Waals surface area contributed by atoms with E-state index in [1.165, 1.54) is 0 Å². The molecule has 1 aliphatic rings. The van der Waals surface area contributed by atoms with Crippen LogP contribution in [-0.4, -0.2) is 29.7 Å². The van der Waals surface area contributed by atoms with Crippen LogP contribution in [0.1, 0.15) is 18.9 Å². The highest BCUT2D eigenvalue weighted by molar-refractivity contribution is 7.49. The van der Waals surface area contributed by atoms with Gasteiger partial charge >= 0.3 is 0 Å². The summed E-state index contributed by atoms with van der Waals surface area (Å²) in [6.07, 6.45) is 0.742. The zero-order chi connectivity index (χ0) is 21.6. The molecule has 0 aromatic heterocycles. The lowest BCUT2D eigenvalue weighted by Gasteiger charge is -2.37. The molecule has 2 atom stereocenters. The Morgan fingerprint density at radius 2 is 1.55 bits per heavy atom. The summed E-state index contributed by atoms with van der Waals surface area (Å²) >= 11 is 0. The third-order valence-corrected chi connectivity index (χ3v) is 7.32. The lowest BCUT2D eigenvalue weighted by Crippen LogP contribution is -2.36. The average molecular weight is 432 g/mol. The summed E-state index contributed by atoms with van der Waals surface area (Å²) in [5, 5.41) is 0. The van der Waals surface area contributed by atoms with Gasteiger partial charge in [0.1, 0.15) is 0 Å². The van der Waals surface area contributed by atoms with Crippen LogP contribution in [0.25, 0.3) is 0 Å². The van der Waals surface area contributed by atoms with Crippen LogP contribution in [0.5, 0.6) is 0 Å². The summed E-state index contributed by atoms with van der Waals surface area (Å²) in [6, 6.07) is 29.9. The van der Waals surface area contributed by atoms with Crippen molar-refractivity contribution in [2.24, 2.45) is 0 Å². The fraction of sp³-hybridized carbons (Fsp3) is 0.240. The molecule has 0 bridgehead atoms. The van der Waals surface area contributed by atoms with Crippen molar-refractivity contribution in [3.8, 4) is 0 Å². The number of anilines is 2. The second kappa shape index (κ2) is 10.1. The highest BCUT2D eigenvalue weighted by Crippen LogP contribution is 2.48. The Hall–Kier alpha value is -2.72. The molecule has 160 valence electrons. The molecule has 3 aromatic rings. The molecule has 31 heavy (non-hydrogen) atoms. The molecule has 0 radical (unpaired) electrons. The van der Waals surface area contributed by atoms with Gasteiger partial charge in [-0.25, -0.2) is 0 Å². The van der Waals surface area contributed by atoms with Gasteiger partial charge in [-0.3, -0.25) is 9.46 Å². The Morgan fingerprint density at radius 3 is 2.16 bits per heavy atom. The molecule has 1 amide bonds. The molecular weight excluding hydrogens is 405 g/mol. The molecule has 0 saturated carbocycles. The molecule has 0 N–H and O–H groups in total. The third kappa shape index (κ3) is 5.13. The van der Waals surface area contributed by atoms with Gasteiger partial charge in [0.05, 0.1) is 0 Å². The van der Waals surface area contributed by atoms with Crippen molar-refractivity contribution in [1.29, 1.82) is 0 Å². The number of hydrogen-bond acceptors (Lipinski definition) is 4. The summed E-state index contributed by atoms with van der Waals surface area (Å²) < 4.78 is 4.07. The predicted octanol–water partition coefficient (Wildman–Crippen LogP) is 4.41. The van der Waals surface area contributed by atoms with Crippen LogP contribution in [0.15, 0.2) is 91.0 Å². The minimum absolute atomic E-state index is 0.0168. The number of para-hydroxylation sites is 2. The molecule has 0 spiro atoms. The van der Waals surface area contributed by atoms with E-state index in [1.807, 2.05) is 83.5 Å². The second-order valence-electron chi connectivity index (χ2n) is 7.70. The maximum atomic E-state index is 13.5. The minimum Gasteiger partial charge on any atom is -0.801 e. The lowest BCUT2D eigenvalue weighted by atomic mass is 10.1. The van der Waals surface area contributed by atoms with Crippen LogP contribution in [0.4, 0.5) is 11.4 Å². The fourth-order valence-corrected chi connectivity index (χ4v) is 5.69. The van der Waals surface area contributed by atoms with E-state index in [9.17, 15) is 9.69 Å². The van der Waals surface area contributed by atoms with Crippen LogP contribution in [0.3, 0.4) is 0 Å². The van der Waals surface area contributed by atoms with Crippen molar-refractivity contribution in [1.82, 2.24) is 4.67 Å². The second-order valence-corrected chi connectivity index (χ2v) is 9.20. The molecule has 1 saturated heterocycles. The van der Waals surface area contributed by atoms with Crippen molar-refractivity contribution in [2.75, 3.05) is 22.7 Å². The van der Waals surface area contributed by atoms with E-state index in [0.717, 1.165) is 23.4 Å². The molecule has 1 aliphatic heterocycles. The van der Waals surface area contributed by atoms with Crippen LogP contribution in [0.2, 0.25) is 0 Å². The highest BCUT2D eigenvalue weighted by atomic mass is 31.2. The Balaban J connectivity index is 1.54. The number of carbonyl (C=O) groups excluding carboxylic acids is 1. The molecule has 4 rings (SSSR count). The first kappa shape index (κ1) is 21.5. The summed E-state index contributed by atoms with van der Waals surface area (Å²) in [5.41, 5.74) is 3.00. The van der Waals surface area contributed by atoms with Crippen molar-refractivity contribution in [2.45, 2.75) is 25.9 Å². The molecular formula is C25H27N3O2P-. The topological polar surface area (TPSA) is 49.9 Å². The summed E-state index contributed by atoms with van der Waals surface area (Å²) in [5.74, 6) is 0.0168. The van der Waals surface area contributed by atoms with Crippen molar-refractivity contribution in [3.63, 3.8) is 0 Å². The molecule has 5 nitrogen and oxygen atoms in total. The van der Waals surface area contributed by atoms with Crippen LogP contribution >= 0.6 is 8.45 Å². The third-order valence-electron chi connectivity index (χ3n) is 5.61. The predicted molar refractivity (Wildman–Crippen MR) is 126 cm³/mol. The van der Waals surface area contributed by atoms with E-state index < -0.39 is 8.45 Å². The van der Waals surface area contributed by atoms with Crippen molar-refractivity contribution < 1.29 is 9.69 Å². The summed E-state index contributed by atoms with van der Waals surface area (Å²) in [4.78, 5) is 27.6. The maximum absolute atomic E-state index is 13.5. The quantitative estimate of drug-likeness (QED) is 0.519. The number of carbonyl (C=O) groups is 1. The van der Waals surface area contributed by atoms with Gasteiger partial charge in [0.2, 0.25) is 5.91 Å². The minimum atomic E-state index is -1.72. The molecule has 1 heterocycles. The Labute approximate surface area is 185 Å².